The van der Waals surface area contributed by atoms with Crippen LogP contribution in [0.2, 0.25) is 0 Å². The first kappa shape index (κ1) is 42.4. The van der Waals surface area contributed by atoms with E-state index >= 15 is 0 Å². The van der Waals surface area contributed by atoms with Crippen LogP contribution in [-0.4, -0.2) is 116 Å². The SMILES string of the molecule is CCC(=O)[C@@]1(C)Cc2cc(NC(=O)c3cnn4cccnc34)c(N3CCOCC3)cc2O1.CCC(=O)[C@]1(C)Cc2cc(NC(=O)c3cnn4cccnc34)c(N3CCOCC3)cc2O1. The summed E-state index contributed by atoms with van der Waals surface area (Å²) >= 11 is 0. The minimum Gasteiger partial charge on any atom is -0.479 e. The third-order valence-corrected chi connectivity index (χ3v) is 12.2. The molecule has 18 nitrogen and oxygen atoms in total. The number of nitrogens with zero attached hydrogens (tertiary/aromatic N) is 8. The Morgan fingerprint density at radius 3 is 1.42 bits per heavy atom. The normalized spacial score (nSPS) is 20.1. The zero-order chi connectivity index (χ0) is 44.6. The Labute approximate surface area is 368 Å². The number of hydrogen-bond acceptors (Lipinski definition) is 14. The van der Waals surface area contributed by atoms with Gasteiger partial charge in [0, 0.05) is 99.9 Å². The fourth-order valence-corrected chi connectivity index (χ4v) is 8.72. The lowest BCUT2D eigenvalue weighted by molar-refractivity contribution is -0.132. The maximum Gasteiger partial charge on any atom is 0.261 e. The summed E-state index contributed by atoms with van der Waals surface area (Å²) in [5.41, 5.74) is 4.83. The topological polar surface area (TPSA) is 196 Å². The lowest BCUT2D eigenvalue weighted by atomic mass is 9.93. The van der Waals surface area contributed by atoms with Crippen LogP contribution in [0, 0.1) is 0 Å². The number of anilines is 4. The molecule has 10 rings (SSSR count). The van der Waals surface area contributed by atoms with Gasteiger partial charge in [0.1, 0.15) is 22.6 Å². The molecule has 64 heavy (non-hydrogen) atoms. The van der Waals surface area contributed by atoms with Gasteiger partial charge in [-0.05, 0) is 38.1 Å². The molecule has 2 N–H and O–H groups in total. The molecule has 18 heteroatoms. The molecule has 0 bridgehead atoms. The Bertz CT molecular complexity index is 2590. The second kappa shape index (κ2) is 17.3. The first-order valence-electron chi connectivity index (χ1n) is 21.6. The molecule has 4 aromatic heterocycles. The highest BCUT2D eigenvalue weighted by molar-refractivity contribution is 6.10. The van der Waals surface area contributed by atoms with Crippen LogP contribution in [0.5, 0.6) is 11.5 Å². The van der Waals surface area contributed by atoms with E-state index in [-0.39, 0.29) is 23.4 Å². The molecule has 4 aliphatic rings. The van der Waals surface area contributed by atoms with Crippen molar-refractivity contribution in [2.24, 2.45) is 0 Å². The molecule has 0 radical (unpaired) electrons. The fraction of sp³-hybridized carbons (Fsp3) is 0.391. The molecule has 2 saturated heterocycles. The summed E-state index contributed by atoms with van der Waals surface area (Å²) in [4.78, 5) is 64.2. The number of carbonyl (C=O) groups is 4. The van der Waals surface area contributed by atoms with E-state index in [1.807, 2.05) is 52.0 Å². The second-order valence-corrected chi connectivity index (χ2v) is 16.5. The molecule has 2 aromatic carbocycles. The van der Waals surface area contributed by atoms with Gasteiger partial charge in [0.15, 0.2) is 34.1 Å². The molecule has 0 aliphatic carbocycles. The highest BCUT2D eigenvalue weighted by Gasteiger charge is 2.43. The molecule has 2 fully saturated rings. The van der Waals surface area contributed by atoms with Crippen molar-refractivity contribution in [2.45, 2.75) is 64.6 Å². The van der Waals surface area contributed by atoms with Gasteiger partial charge >= 0.3 is 0 Å². The fourth-order valence-electron chi connectivity index (χ4n) is 8.72. The minimum absolute atomic E-state index is 0.0598. The maximum atomic E-state index is 13.2. The van der Waals surface area contributed by atoms with Gasteiger partial charge < -0.3 is 39.4 Å². The lowest BCUT2D eigenvalue weighted by Gasteiger charge is -2.31. The third kappa shape index (κ3) is 8.09. The predicted molar refractivity (Wildman–Crippen MR) is 237 cm³/mol. The zero-order valence-electron chi connectivity index (χ0n) is 36.3. The maximum absolute atomic E-state index is 13.2. The number of carbonyl (C=O) groups excluding carboxylic acids is 4. The largest absolute Gasteiger partial charge is 0.479 e. The summed E-state index contributed by atoms with van der Waals surface area (Å²) in [6, 6.07) is 11.2. The number of hydrogen-bond donors (Lipinski definition) is 2. The van der Waals surface area contributed by atoms with Gasteiger partial charge in [-0.1, -0.05) is 13.8 Å². The Morgan fingerprint density at radius 2 is 1.03 bits per heavy atom. The standard InChI is InChI=1S/2C23H25N5O4/c2*1-3-20(29)23(2)13-15-11-17(18(12-19(15)32-23)27-7-9-31-10-8-27)26-22(30)16-14-25-28-6-4-5-24-21(16)28/h2*4-6,11-12,14H,3,7-10,13H2,1-2H3,(H,26,30)/t2*23-/m10/s1. The molecule has 8 heterocycles. The number of amides is 2. The van der Waals surface area contributed by atoms with Crippen molar-refractivity contribution in [3.05, 3.63) is 95.8 Å². The summed E-state index contributed by atoms with van der Waals surface area (Å²) in [6.45, 7) is 12.6. The van der Waals surface area contributed by atoms with Crippen molar-refractivity contribution in [2.75, 3.05) is 73.0 Å². The number of rotatable bonds is 10. The Hall–Kier alpha value is -6.92. The highest BCUT2D eigenvalue weighted by Crippen LogP contribution is 2.44. The molecule has 332 valence electrons. The number of Topliss-reactive ketones (excluding diaryl/α,β-unsaturated/α-hetero) is 2. The van der Waals surface area contributed by atoms with E-state index in [2.05, 4.69) is 40.6 Å². The molecule has 2 atom stereocenters. The Balaban J connectivity index is 0.000000162. The molecule has 2 amide bonds. The van der Waals surface area contributed by atoms with Crippen molar-refractivity contribution in [3.8, 4) is 11.5 Å². The minimum atomic E-state index is -0.881. The van der Waals surface area contributed by atoms with Crippen LogP contribution in [0.1, 0.15) is 72.4 Å². The molecule has 0 saturated carbocycles. The monoisotopic (exact) mass is 870 g/mol. The van der Waals surface area contributed by atoms with Crippen molar-refractivity contribution in [1.29, 1.82) is 0 Å². The van der Waals surface area contributed by atoms with Gasteiger partial charge in [0.25, 0.3) is 11.8 Å². The second-order valence-electron chi connectivity index (χ2n) is 16.5. The first-order chi connectivity index (χ1) is 31.0. The smallest absolute Gasteiger partial charge is 0.261 e. The zero-order valence-corrected chi connectivity index (χ0v) is 36.3. The number of aromatic nitrogens is 6. The van der Waals surface area contributed by atoms with Crippen molar-refractivity contribution >= 4 is 57.4 Å². The number of ether oxygens (including phenoxy) is 4. The molecular weight excluding hydrogens is 821 g/mol. The lowest BCUT2D eigenvalue weighted by Crippen LogP contribution is -2.39. The molecule has 0 spiro atoms. The van der Waals surface area contributed by atoms with Gasteiger partial charge in [-0.3, -0.25) is 19.2 Å². The number of fused-ring (bicyclic) bond motifs is 4. The predicted octanol–water partition coefficient (Wildman–Crippen LogP) is 4.98. The third-order valence-electron chi connectivity index (χ3n) is 12.2. The van der Waals surface area contributed by atoms with E-state index in [0.717, 1.165) is 22.5 Å². The first-order valence-corrected chi connectivity index (χ1v) is 21.6. The van der Waals surface area contributed by atoms with Crippen LogP contribution in [0.25, 0.3) is 11.3 Å². The quantitative estimate of drug-likeness (QED) is 0.187. The van der Waals surface area contributed by atoms with E-state index in [4.69, 9.17) is 18.9 Å². The van der Waals surface area contributed by atoms with Crippen molar-refractivity contribution in [3.63, 3.8) is 0 Å². The van der Waals surface area contributed by atoms with Crippen LogP contribution in [-0.2, 0) is 31.9 Å². The number of nitrogens with one attached hydrogen (secondary N) is 2. The highest BCUT2D eigenvalue weighted by atomic mass is 16.5. The average Bonchev–Trinajstić information content (AvgIpc) is 4.11. The molecule has 4 aliphatic heterocycles. The Morgan fingerprint density at radius 1 is 0.625 bits per heavy atom. The van der Waals surface area contributed by atoms with Crippen molar-refractivity contribution < 1.29 is 38.1 Å². The van der Waals surface area contributed by atoms with Crippen LogP contribution in [0.15, 0.2) is 73.6 Å². The van der Waals surface area contributed by atoms with Crippen molar-refractivity contribution in [1.82, 2.24) is 29.2 Å². The van der Waals surface area contributed by atoms with Crippen LogP contribution in [0.3, 0.4) is 0 Å². The summed E-state index contributed by atoms with van der Waals surface area (Å²) in [5, 5.41) is 14.5. The van der Waals surface area contributed by atoms with Crippen LogP contribution < -0.4 is 29.9 Å². The van der Waals surface area contributed by atoms with Crippen LogP contribution >= 0.6 is 0 Å². The summed E-state index contributed by atoms with van der Waals surface area (Å²) < 4.78 is 26.4. The number of benzene rings is 2. The molecular formula is C46H50N10O8. The van der Waals surface area contributed by atoms with E-state index in [0.29, 0.717) is 124 Å². The van der Waals surface area contributed by atoms with E-state index in [1.165, 1.54) is 12.4 Å². The van der Waals surface area contributed by atoms with E-state index < -0.39 is 11.2 Å². The van der Waals surface area contributed by atoms with Gasteiger partial charge in [-0.15, -0.1) is 0 Å². The molecule has 6 aromatic rings. The van der Waals surface area contributed by atoms with Crippen LogP contribution in [0.4, 0.5) is 22.7 Å². The summed E-state index contributed by atoms with van der Waals surface area (Å²) in [6.07, 6.45) is 11.5. The van der Waals surface area contributed by atoms with E-state index in [1.54, 1.807) is 46.0 Å². The number of morpholine rings is 2. The van der Waals surface area contributed by atoms with E-state index in [9.17, 15) is 19.2 Å². The van der Waals surface area contributed by atoms with Gasteiger partial charge in [-0.2, -0.15) is 10.2 Å². The molecule has 0 unspecified atom stereocenters. The van der Waals surface area contributed by atoms with Gasteiger partial charge in [-0.25, -0.2) is 19.0 Å². The average molecular weight is 871 g/mol. The summed E-state index contributed by atoms with van der Waals surface area (Å²) in [7, 11) is 0. The van der Waals surface area contributed by atoms with Gasteiger partial charge in [0.2, 0.25) is 0 Å². The van der Waals surface area contributed by atoms with Gasteiger partial charge in [0.05, 0.1) is 61.6 Å². The Kier molecular flexibility index (Phi) is 11.5. The summed E-state index contributed by atoms with van der Waals surface area (Å²) in [5.74, 6) is 0.908. The number of ketones is 2.